The third-order valence-corrected chi connectivity index (χ3v) is 5.35. The van der Waals surface area contributed by atoms with Crippen molar-refractivity contribution in [1.82, 2.24) is 0 Å². The number of ketones is 2. The highest BCUT2D eigenvalue weighted by Gasteiger charge is 2.36. The minimum Gasteiger partial charge on any atom is -0.504 e. The van der Waals surface area contributed by atoms with Gasteiger partial charge in [0.1, 0.15) is 0 Å². The number of rotatable bonds is 7. The van der Waals surface area contributed by atoms with E-state index in [4.69, 9.17) is 4.74 Å². The van der Waals surface area contributed by atoms with E-state index in [0.717, 1.165) is 0 Å². The van der Waals surface area contributed by atoms with E-state index in [9.17, 15) is 34.5 Å². The number of carbonyl (C=O) groups is 4. The SMILES string of the molecule is O=C(Oc1c(O)c(O)c(C(=O)c2ccccc2)c(C(=O)O)c1C(=O)c1ccccc1)c1ccccc1. The lowest BCUT2D eigenvalue weighted by atomic mass is 9.88. The summed E-state index contributed by atoms with van der Waals surface area (Å²) in [7, 11) is 0. The Labute approximate surface area is 204 Å². The van der Waals surface area contributed by atoms with Crippen LogP contribution in [-0.4, -0.2) is 38.8 Å². The molecule has 0 radical (unpaired) electrons. The topological polar surface area (TPSA) is 138 Å². The molecule has 178 valence electrons. The Bertz CT molecular complexity index is 1480. The highest BCUT2D eigenvalue weighted by molar-refractivity contribution is 6.24. The van der Waals surface area contributed by atoms with Crippen LogP contribution in [0.25, 0.3) is 0 Å². The molecule has 4 aromatic rings. The molecule has 0 heterocycles. The fourth-order valence-electron chi connectivity index (χ4n) is 3.65. The van der Waals surface area contributed by atoms with Crippen molar-refractivity contribution < 1.29 is 39.2 Å². The highest BCUT2D eigenvalue weighted by atomic mass is 16.5. The monoisotopic (exact) mass is 482 g/mol. The summed E-state index contributed by atoms with van der Waals surface area (Å²) in [5, 5.41) is 31.7. The first-order chi connectivity index (χ1) is 17.3. The van der Waals surface area contributed by atoms with Crippen molar-refractivity contribution in [3.8, 4) is 17.2 Å². The van der Waals surface area contributed by atoms with Gasteiger partial charge in [-0.2, -0.15) is 0 Å². The van der Waals surface area contributed by atoms with Gasteiger partial charge in [0.15, 0.2) is 23.1 Å². The zero-order valence-electron chi connectivity index (χ0n) is 18.5. The Morgan fingerprint density at radius 3 is 1.39 bits per heavy atom. The molecular formula is C28H18O8. The molecule has 4 aromatic carbocycles. The Morgan fingerprint density at radius 1 is 0.528 bits per heavy atom. The summed E-state index contributed by atoms with van der Waals surface area (Å²) >= 11 is 0. The third-order valence-electron chi connectivity index (χ3n) is 5.35. The van der Waals surface area contributed by atoms with Crippen LogP contribution in [0, 0.1) is 0 Å². The number of carboxylic acid groups (broad SMARTS) is 1. The Morgan fingerprint density at radius 2 is 0.944 bits per heavy atom. The summed E-state index contributed by atoms with van der Waals surface area (Å²) in [6.07, 6.45) is 0. The summed E-state index contributed by atoms with van der Waals surface area (Å²) in [5.41, 5.74) is -2.45. The van der Waals surface area contributed by atoms with Crippen molar-refractivity contribution in [3.05, 3.63) is 124 Å². The molecule has 8 heteroatoms. The molecule has 0 fully saturated rings. The lowest BCUT2D eigenvalue weighted by Crippen LogP contribution is -2.20. The lowest BCUT2D eigenvalue weighted by molar-refractivity contribution is 0.0676. The molecule has 4 rings (SSSR count). The number of esters is 1. The molecule has 0 spiro atoms. The fraction of sp³-hybridized carbons (Fsp3) is 0. The average Bonchev–Trinajstić information content (AvgIpc) is 2.91. The predicted molar refractivity (Wildman–Crippen MR) is 128 cm³/mol. The van der Waals surface area contributed by atoms with Crippen molar-refractivity contribution in [2.24, 2.45) is 0 Å². The van der Waals surface area contributed by atoms with Gasteiger partial charge in [-0.1, -0.05) is 78.9 Å². The number of benzene rings is 4. The van der Waals surface area contributed by atoms with Crippen LogP contribution in [0.1, 0.15) is 52.6 Å². The van der Waals surface area contributed by atoms with Gasteiger partial charge in [-0.15, -0.1) is 0 Å². The number of hydrogen-bond donors (Lipinski definition) is 3. The van der Waals surface area contributed by atoms with E-state index in [1.165, 1.54) is 60.7 Å². The summed E-state index contributed by atoms with van der Waals surface area (Å²) in [6, 6.07) is 22.5. The number of ether oxygens (including phenoxy) is 1. The van der Waals surface area contributed by atoms with Crippen molar-refractivity contribution in [2.75, 3.05) is 0 Å². The molecule has 0 atom stereocenters. The maximum absolute atomic E-state index is 13.5. The number of phenols is 2. The molecule has 0 saturated carbocycles. The summed E-state index contributed by atoms with van der Waals surface area (Å²) in [6.45, 7) is 0. The quantitative estimate of drug-likeness (QED) is 0.152. The average molecular weight is 482 g/mol. The summed E-state index contributed by atoms with van der Waals surface area (Å²) < 4.78 is 5.27. The smallest absolute Gasteiger partial charge is 0.343 e. The minimum absolute atomic E-state index is 0.000194. The largest absolute Gasteiger partial charge is 0.504 e. The van der Waals surface area contributed by atoms with Crippen molar-refractivity contribution >= 4 is 23.5 Å². The number of hydrogen-bond acceptors (Lipinski definition) is 7. The fourth-order valence-corrected chi connectivity index (χ4v) is 3.65. The van der Waals surface area contributed by atoms with Crippen LogP contribution in [0.4, 0.5) is 0 Å². The molecule has 36 heavy (non-hydrogen) atoms. The van der Waals surface area contributed by atoms with E-state index in [1.54, 1.807) is 30.3 Å². The minimum atomic E-state index is -1.75. The second-order valence-corrected chi connectivity index (χ2v) is 7.60. The van der Waals surface area contributed by atoms with Gasteiger partial charge < -0.3 is 20.1 Å². The Kier molecular flexibility index (Phi) is 6.60. The van der Waals surface area contributed by atoms with E-state index in [-0.39, 0.29) is 16.7 Å². The van der Waals surface area contributed by atoms with Crippen LogP contribution in [0.15, 0.2) is 91.0 Å². The van der Waals surface area contributed by atoms with Crippen molar-refractivity contribution in [3.63, 3.8) is 0 Å². The second-order valence-electron chi connectivity index (χ2n) is 7.60. The molecular weight excluding hydrogens is 464 g/mol. The first-order valence-corrected chi connectivity index (χ1v) is 10.6. The van der Waals surface area contributed by atoms with Gasteiger partial charge in [-0.05, 0) is 12.1 Å². The standard InChI is InChI=1S/C28H18O8/c29-22(16-10-4-1-5-11-16)20-19(27(33)34)21(23(30)17-12-6-2-7-13-17)26(25(32)24(20)31)36-28(35)18-14-8-3-9-15-18/h1-15,31-32H,(H,33,34). The number of carbonyl (C=O) groups excluding carboxylic acids is 3. The van der Waals surface area contributed by atoms with E-state index in [1.807, 2.05) is 0 Å². The molecule has 0 saturated heterocycles. The van der Waals surface area contributed by atoms with Crippen LogP contribution < -0.4 is 4.74 Å². The predicted octanol–water partition coefficient (Wildman–Crippen LogP) is 4.48. The molecule has 0 aliphatic carbocycles. The van der Waals surface area contributed by atoms with Crippen LogP contribution in [0.5, 0.6) is 17.2 Å². The van der Waals surface area contributed by atoms with Gasteiger partial charge in [0, 0.05) is 11.1 Å². The number of phenolic OH excluding ortho intramolecular Hbond substituents is 2. The van der Waals surface area contributed by atoms with Crippen LogP contribution in [0.2, 0.25) is 0 Å². The van der Waals surface area contributed by atoms with Gasteiger partial charge >= 0.3 is 11.9 Å². The summed E-state index contributed by atoms with van der Waals surface area (Å²) in [5.74, 6) is -7.81. The molecule has 8 nitrogen and oxygen atoms in total. The van der Waals surface area contributed by atoms with Gasteiger partial charge in [0.2, 0.25) is 5.75 Å². The zero-order chi connectivity index (χ0) is 25.8. The van der Waals surface area contributed by atoms with Crippen LogP contribution >= 0.6 is 0 Å². The van der Waals surface area contributed by atoms with E-state index < -0.39 is 57.4 Å². The van der Waals surface area contributed by atoms with Crippen LogP contribution in [0.3, 0.4) is 0 Å². The molecule has 0 aromatic heterocycles. The first-order valence-electron chi connectivity index (χ1n) is 10.6. The summed E-state index contributed by atoms with van der Waals surface area (Å²) in [4.78, 5) is 52.0. The lowest BCUT2D eigenvalue weighted by Gasteiger charge is -2.18. The van der Waals surface area contributed by atoms with E-state index in [2.05, 4.69) is 0 Å². The molecule has 0 bridgehead atoms. The molecule has 0 amide bonds. The zero-order valence-corrected chi connectivity index (χ0v) is 18.5. The normalized spacial score (nSPS) is 10.4. The number of aromatic hydroxyl groups is 2. The van der Waals surface area contributed by atoms with Crippen molar-refractivity contribution in [1.29, 1.82) is 0 Å². The first kappa shape index (κ1) is 23.9. The van der Waals surface area contributed by atoms with Crippen LogP contribution in [-0.2, 0) is 0 Å². The van der Waals surface area contributed by atoms with E-state index in [0.29, 0.717) is 0 Å². The van der Waals surface area contributed by atoms with Gasteiger partial charge in [-0.3, -0.25) is 9.59 Å². The maximum atomic E-state index is 13.5. The van der Waals surface area contributed by atoms with E-state index >= 15 is 0 Å². The Balaban J connectivity index is 2.02. The Hall–Kier alpha value is -5.24. The number of carboxylic acids is 1. The van der Waals surface area contributed by atoms with Crippen molar-refractivity contribution in [2.45, 2.75) is 0 Å². The second kappa shape index (κ2) is 9.94. The molecule has 0 aliphatic heterocycles. The molecule has 3 N–H and O–H groups in total. The number of aromatic carboxylic acids is 1. The van der Waals surface area contributed by atoms with Gasteiger partial charge in [-0.25, -0.2) is 9.59 Å². The third kappa shape index (κ3) is 4.43. The highest BCUT2D eigenvalue weighted by Crippen LogP contribution is 2.46. The van der Waals surface area contributed by atoms with Gasteiger partial charge in [0.05, 0.1) is 22.3 Å². The molecule has 0 aliphatic rings. The maximum Gasteiger partial charge on any atom is 0.343 e. The van der Waals surface area contributed by atoms with Gasteiger partial charge in [0.25, 0.3) is 0 Å². The molecule has 0 unspecified atom stereocenters.